The number of benzene rings is 1. The van der Waals surface area contributed by atoms with Gasteiger partial charge in [-0.3, -0.25) is 0 Å². The lowest BCUT2D eigenvalue weighted by molar-refractivity contribution is 0.318. The van der Waals surface area contributed by atoms with Crippen LogP contribution in [0.2, 0.25) is 0 Å². The van der Waals surface area contributed by atoms with E-state index in [-0.39, 0.29) is 17.3 Å². The highest BCUT2D eigenvalue weighted by Crippen LogP contribution is 2.18. The van der Waals surface area contributed by atoms with Gasteiger partial charge in [0.15, 0.2) is 15.7 Å². The van der Waals surface area contributed by atoms with E-state index < -0.39 is 9.84 Å². The second-order valence-electron chi connectivity index (χ2n) is 4.52. The number of nitrogens with zero attached hydrogens (tertiary/aromatic N) is 2. The summed E-state index contributed by atoms with van der Waals surface area (Å²) < 4.78 is 23.1. The number of amidine groups is 1. The van der Waals surface area contributed by atoms with Gasteiger partial charge in [0.05, 0.1) is 11.5 Å². The summed E-state index contributed by atoms with van der Waals surface area (Å²) >= 11 is 0. The van der Waals surface area contributed by atoms with Crippen molar-refractivity contribution in [2.75, 3.05) is 29.5 Å². The lowest BCUT2D eigenvalue weighted by Crippen LogP contribution is -2.26. The zero-order valence-corrected chi connectivity index (χ0v) is 11.3. The van der Waals surface area contributed by atoms with Crippen molar-refractivity contribution >= 4 is 21.4 Å². The summed E-state index contributed by atoms with van der Waals surface area (Å²) in [5, 5.41) is 11.5. The SMILES string of the molecule is N/C(=N/O)c1ccc(N2CCCS(=O)(=O)CC2)cc1. The fraction of sp³-hybridized carbons (Fsp3) is 0.417. The number of anilines is 1. The van der Waals surface area contributed by atoms with Crippen molar-refractivity contribution in [3.05, 3.63) is 29.8 Å². The molecular formula is C12H17N3O3S. The van der Waals surface area contributed by atoms with Gasteiger partial charge >= 0.3 is 0 Å². The molecule has 1 aliphatic rings. The second-order valence-corrected chi connectivity index (χ2v) is 6.83. The number of hydrogen-bond donors (Lipinski definition) is 2. The van der Waals surface area contributed by atoms with Gasteiger partial charge in [-0.2, -0.15) is 0 Å². The zero-order chi connectivity index (χ0) is 13.9. The summed E-state index contributed by atoms with van der Waals surface area (Å²) in [5.74, 6) is 0.505. The smallest absolute Gasteiger partial charge is 0.170 e. The standard InChI is InChI=1S/C12H17N3O3S/c13-12(14-16)10-2-4-11(5-3-10)15-6-1-8-19(17,18)9-7-15/h2-5,16H,1,6-9H2,(H2,13,14). The first kappa shape index (κ1) is 13.7. The first-order valence-corrected chi connectivity index (χ1v) is 7.87. The summed E-state index contributed by atoms with van der Waals surface area (Å²) in [6.45, 7) is 1.23. The molecule has 0 aromatic heterocycles. The van der Waals surface area contributed by atoms with Crippen molar-refractivity contribution < 1.29 is 13.6 Å². The van der Waals surface area contributed by atoms with Gasteiger partial charge in [-0.05, 0) is 30.7 Å². The molecular weight excluding hydrogens is 266 g/mol. The van der Waals surface area contributed by atoms with Crippen LogP contribution >= 0.6 is 0 Å². The summed E-state index contributed by atoms with van der Waals surface area (Å²) in [5.41, 5.74) is 7.07. The molecule has 0 aliphatic carbocycles. The molecule has 19 heavy (non-hydrogen) atoms. The molecule has 0 atom stereocenters. The van der Waals surface area contributed by atoms with E-state index in [0.29, 0.717) is 18.5 Å². The van der Waals surface area contributed by atoms with Crippen LogP contribution in [-0.2, 0) is 9.84 Å². The minimum absolute atomic E-state index is 0.0602. The lowest BCUT2D eigenvalue weighted by atomic mass is 10.2. The normalized spacial score (nSPS) is 20.0. The van der Waals surface area contributed by atoms with Gasteiger partial charge in [0.25, 0.3) is 0 Å². The number of nitrogens with two attached hydrogens (primary N) is 1. The van der Waals surface area contributed by atoms with E-state index >= 15 is 0 Å². The molecule has 0 bridgehead atoms. The van der Waals surface area contributed by atoms with Gasteiger partial charge < -0.3 is 15.8 Å². The topological polar surface area (TPSA) is 96.0 Å². The van der Waals surface area contributed by atoms with Crippen molar-refractivity contribution in [1.29, 1.82) is 0 Å². The fourth-order valence-electron chi connectivity index (χ4n) is 2.10. The number of sulfone groups is 1. The summed E-state index contributed by atoms with van der Waals surface area (Å²) in [7, 11) is -2.90. The molecule has 0 saturated carbocycles. The number of rotatable bonds is 2. The second kappa shape index (κ2) is 5.48. The zero-order valence-electron chi connectivity index (χ0n) is 10.5. The molecule has 0 spiro atoms. The minimum atomic E-state index is -2.90. The summed E-state index contributed by atoms with van der Waals surface area (Å²) in [4.78, 5) is 2.04. The average molecular weight is 283 g/mol. The molecule has 1 aromatic carbocycles. The molecule has 0 amide bonds. The van der Waals surface area contributed by atoms with Crippen LogP contribution in [0, 0.1) is 0 Å². The molecule has 1 saturated heterocycles. The van der Waals surface area contributed by atoms with Gasteiger partial charge in [-0.15, -0.1) is 0 Å². The van der Waals surface area contributed by atoms with E-state index in [1.165, 1.54) is 0 Å². The van der Waals surface area contributed by atoms with Crippen molar-refractivity contribution in [1.82, 2.24) is 0 Å². The molecule has 104 valence electrons. The molecule has 0 radical (unpaired) electrons. The molecule has 1 fully saturated rings. The van der Waals surface area contributed by atoms with Crippen LogP contribution in [0.15, 0.2) is 29.4 Å². The maximum Gasteiger partial charge on any atom is 0.170 e. The number of oxime groups is 1. The Labute approximate surface area is 112 Å². The molecule has 0 unspecified atom stereocenters. The van der Waals surface area contributed by atoms with E-state index in [1.807, 2.05) is 17.0 Å². The van der Waals surface area contributed by atoms with E-state index in [1.54, 1.807) is 12.1 Å². The van der Waals surface area contributed by atoms with Gasteiger partial charge in [-0.25, -0.2) is 8.42 Å². The third kappa shape index (κ3) is 3.37. The van der Waals surface area contributed by atoms with Crippen LogP contribution in [-0.4, -0.2) is 44.1 Å². The van der Waals surface area contributed by atoms with E-state index in [9.17, 15) is 8.42 Å². The molecule has 1 aromatic rings. The fourth-order valence-corrected chi connectivity index (χ4v) is 3.37. The Morgan fingerprint density at radius 2 is 1.89 bits per heavy atom. The highest BCUT2D eigenvalue weighted by molar-refractivity contribution is 7.91. The highest BCUT2D eigenvalue weighted by Gasteiger charge is 2.19. The Hall–Kier alpha value is -1.76. The average Bonchev–Trinajstić information content (AvgIpc) is 2.59. The summed E-state index contributed by atoms with van der Waals surface area (Å²) in [6.07, 6.45) is 0.643. The maximum absolute atomic E-state index is 11.5. The Morgan fingerprint density at radius 1 is 1.21 bits per heavy atom. The van der Waals surface area contributed by atoms with Crippen LogP contribution in [0.25, 0.3) is 0 Å². The van der Waals surface area contributed by atoms with Crippen LogP contribution in [0.1, 0.15) is 12.0 Å². The van der Waals surface area contributed by atoms with Crippen molar-refractivity contribution in [3.63, 3.8) is 0 Å². The van der Waals surface area contributed by atoms with Gasteiger partial charge in [0, 0.05) is 24.3 Å². The maximum atomic E-state index is 11.5. The Balaban J connectivity index is 2.14. The van der Waals surface area contributed by atoms with Crippen LogP contribution < -0.4 is 10.6 Å². The largest absolute Gasteiger partial charge is 0.409 e. The van der Waals surface area contributed by atoms with Crippen molar-refractivity contribution in [2.24, 2.45) is 10.9 Å². The van der Waals surface area contributed by atoms with Crippen molar-refractivity contribution in [3.8, 4) is 0 Å². The van der Waals surface area contributed by atoms with Crippen LogP contribution in [0.5, 0.6) is 0 Å². The van der Waals surface area contributed by atoms with E-state index in [2.05, 4.69) is 5.16 Å². The van der Waals surface area contributed by atoms with Gasteiger partial charge in [0.1, 0.15) is 0 Å². The number of hydrogen-bond acceptors (Lipinski definition) is 5. The van der Waals surface area contributed by atoms with Crippen LogP contribution in [0.4, 0.5) is 5.69 Å². The molecule has 1 aliphatic heterocycles. The van der Waals surface area contributed by atoms with E-state index in [0.717, 1.165) is 12.2 Å². The Kier molecular flexibility index (Phi) is 3.94. The predicted molar refractivity (Wildman–Crippen MR) is 74.4 cm³/mol. The molecule has 7 heteroatoms. The third-order valence-electron chi connectivity index (χ3n) is 3.19. The first-order valence-electron chi connectivity index (χ1n) is 6.05. The van der Waals surface area contributed by atoms with Crippen LogP contribution in [0.3, 0.4) is 0 Å². The Morgan fingerprint density at radius 3 is 2.53 bits per heavy atom. The Bertz CT molecular complexity index is 566. The van der Waals surface area contributed by atoms with E-state index in [4.69, 9.17) is 10.9 Å². The molecule has 6 nitrogen and oxygen atoms in total. The molecule has 1 heterocycles. The molecule has 2 rings (SSSR count). The van der Waals surface area contributed by atoms with Gasteiger partial charge in [0.2, 0.25) is 0 Å². The van der Waals surface area contributed by atoms with Gasteiger partial charge in [-0.1, -0.05) is 5.16 Å². The third-order valence-corrected chi connectivity index (χ3v) is 4.91. The van der Waals surface area contributed by atoms with Crippen molar-refractivity contribution in [2.45, 2.75) is 6.42 Å². The lowest BCUT2D eigenvalue weighted by Gasteiger charge is -2.22. The predicted octanol–water partition coefficient (Wildman–Crippen LogP) is 0.406. The first-order chi connectivity index (χ1) is 9.02. The quantitative estimate of drug-likeness (QED) is 0.354. The monoisotopic (exact) mass is 283 g/mol. The summed E-state index contributed by atoms with van der Waals surface area (Å²) in [6, 6.07) is 7.21. The highest BCUT2D eigenvalue weighted by atomic mass is 32.2. The minimum Gasteiger partial charge on any atom is -0.409 e. The molecule has 3 N–H and O–H groups in total.